The van der Waals surface area contributed by atoms with Crippen molar-refractivity contribution in [3.05, 3.63) is 68.1 Å². The molecule has 0 aliphatic heterocycles. The summed E-state index contributed by atoms with van der Waals surface area (Å²) in [5, 5.41) is 12.6. The van der Waals surface area contributed by atoms with Crippen LogP contribution in [0.15, 0.2) is 35.4 Å². The molecule has 7 nitrogen and oxygen atoms in total. The number of nitro benzene ring substituents is 1. The number of rotatable bonds is 3. The Labute approximate surface area is 115 Å². The van der Waals surface area contributed by atoms with Gasteiger partial charge in [0.15, 0.2) is 22.8 Å². The lowest BCUT2D eigenvalue weighted by Crippen LogP contribution is -2.22. The maximum atomic E-state index is 13.6. The number of carbonyl (C=O) groups excluding carboxylic acids is 1. The number of anilines is 1. The molecule has 2 N–H and O–H groups in total. The monoisotopic (exact) mass is 295 g/mol. The van der Waals surface area contributed by atoms with Gasteiger partial charge in [-0.1, -0.05) is 0 Å². The van der Waals surface area contributed by atoms with Crippen LogP contribution in [-0.4, -0.2) is 15.8 Å². The Kier molecular flexibility index (Phi) is 3.74. The van der Waals surface area contributed by atoms with E-state index in [1.54, 1.807) is 0 Å². The Hall–Kier alpha value is -3.10. The highest BCUT2D eigenvalue weighted by molar-refractivity contribution is 6.05. The molecule has 1 amide bonds. The molecule has 1 aromatic carbocycles. The number of aromatic nitrogens is 1. The van der Waals surface area contributed by atoms with Crippen LogP contribution < -0.4 is 10.7 Å². The first-order valence-electron chi connectivity index (χ1n) is 5.52. The van der Waals surface area contributed by atoms with Crippen molar-refractivity contribution in [2.45, 2.75) is 0 Å². The van der Waals surface area contributed by atoms with Crippen LogP contribution in [0.4, 0.5) is 20.2 Å². The summed E-state index contributed by atoms with van der Waals surface area (Å²) in [7, 11) is 0. The molecule has 21 heavy (non-hydrogen) atoms. The van der Waals surface area contributed by atoms with E-state index in [-0.39, 0.29) is 0 Å². The molecule has 9 heteroatoms. The van der Waals surface area contributed by atoms with Crippen molar-refractivity contribution in [1.29, 1.82) is 0 Å². The summed E-state index contributed by atoms with van der Waals surface area (Å²) in [5.74, 6) is -4.03. The minimum atomic E-state index is -1.58. The Morgan fingerprint density at radius 2 is 2.00 bits per heavy atom. The molecule has 108 valence electrons. The minimum Gasteiger partial charge on any atom is -0.367 e. The fourth-order valence-corrected chi connectivity index (χ4v) is 1.59. The van der Waals surface area contributed by atoms with Crippen molar-refractivity contribution in [3.8, 4) is 0 Å². The van der Waals surface area contributed by atoms with E-state index in [9.17, 15) is 28.5 Å². The number of hydrogen-bond donors (Lipinski definition) is 2. The summed E-state index contributed by atoms with van der Waals surface area (Å²) < 4.78 is 26.8. The van der Waals surface area contributed by atoms with Crippen LogP contribution in [0.5, 0.6) is 0 Å². The van der Waals surface area contributed by atoms with Crippen LogP contribution >= 0.6 is 0 Å². The van der Waals surface area contributed by atoms with E-state index in [2.05, 4.69) is 4.98 Å². The average Bonchev–Trinajstić information content (AvgIpc) is 2.44. The average molecular weight is 295 g/mol. The van der Waals surface area contributed by atoms with Crippen LogP contribution in [-0.2, 0) is 0 Å². The van der Waals surface area contributed by atoms with Crippen molar-refractivity contribution in [2.75, 3.05) is 5.32 Å². The number of carbonyl (C=O) groups is 1. The smallest absolute Gasteiger partial charge is 0.296 e. The van der Waals surface area contributed by atoms with Gasteiger partial charge in [-0.15, -0.1) is 0 Å². The van der Waals surface area contributed by atoms with Gasteiger partial charge in [-0.25, -0.2) is 8.78 Å². The summed E-state index contributed by atoms with van der Waals surface area (Å²) in [4.78, 5) is 35.5. The molecule has 0 unspecified atom stereocenters. The first-order valence-corrected chi connectivity index (χ1v) is 5.52. The molecule has 0 spiro atoms. The zero-order valence-electron chi connectivity index (χ0n) is 10.2. The number of hydrogen-bond acceptors (Lipinski definition) is 4. The number of nitro groups is 1. The van der Waals surface area contributed by atoms with Gasteiger partial charge in [0.1, 0.15) is 5.56 Å². The molecular formula is C12H7F2N3O4. The van der Waals surface area contributed by atoms with E-state index < -0.39 is 44.8 Å². The third kappa shape index (κ3) is 2.76. The fourth-order valence-electron chi connectivity index (χ4n) is 1.59. The molecule has 2 rings (SSSR count). The lowest BCUT2D eigenvalue weighted by Gasteiger charge is -2.07. The van der Waals surface area contributed by atoms with Crippen LogP contribution in [0, 0.1) is 21.7 Å². The molecule has 0 radical (unpaired) electrons. The topological polar surface area (TPSA) is 105 Å². The summed E-state index contributed by atoms with van der Waals surface area (Å²) in [6, 6.07) is 2.33. The number of halogens is 2. The van der Waals surface area contributed by atoms with Gasteiger partial charge in [0, 0.05) is 24.5 Å². The van der Waals surface area contributed by atoms with Crippen molar-refractivity contribution in [1.82, 2.24) is 4.98 Å². The van der Waals surface area contributed by atoms with Crippen molar-refractivity contribution in [2.24, 2.45) is 0 Å². The lowest BCUT2D eigenvalue weighted by atomic mass is 10.2. The van der Waals surface area contributed by atoms with Gasteiger partial charge >= 0.3 is 0 Å². The van der Waals surface area contributed by atoms with E-state index in [1.807, 2.05) is 5.32 Å². The van der Waals surface area contributed by atoms with Crippen molar-refractivity contribution < 1.29 is 18.5 Å². The normalized spacial score (nSPS) is 10.2. The van der Waals surface area contributed by atoms with Crippen molar-refractivity contribution in [3.63, 3.8) is 0 Å². The zero-order chi connectivity index (χ0) is 15.6. The number of pyridine rings is 1. The second kappa shape index (κ2) is 5.49. The fraction of sp³-hybridized carbons (Fsp3) is 0. The van der Waals surface area contributed by atoms with Crippen LogP contribution in [0.25, 0.3) is 0 Å². The maximum absolute atomic E-state index is 13.6. The van der Waals surface area contributed by atoms with Gasteiger partial charge in [0.05, 0.1) is 4.92 Å². The molecule has 1 aromatic heterocycles. The molecule has 0 atom stereocenters. The van der Waals surface area contributed by atoms with Gasteiger partial charge in [-0.2, -0.15) is 0 Å². The van der Waals surface area contributed by atoms with Gasteiger partial charge < -0.3 is 10.3 Å². The van der Waals surface area contributed by atoms with Gasteiger partial charge in [0.2, 0.25) is 0 Å². The molecule has 0 aliphatic rings. The first-order chi connectivity index (χ1) is 9.91. The zero-order valence-corrected chi connectivity index (χ0v) is 10.2. The summed E-state index contributed by atoms with van der Waals surface area (Å²) in [5.41, 5.74) is -2.83. The summed E-state index contributed by atoms with van der Waals surface area (Å²) in [6.07, 6.45) is 2.31. The second-order valence-electron chi connectivity index (χ2n) is 3.89. The van der Waals surface area contributed by atoms with Gasteiger partial charge in [-0.3, -0.25) is 19.7 Å². The number of amides is 1. The highest BCUT2D eigenvalue weighted by Crippen LogP contribution is 2.29. The first kappa shape index (κ1) is 14.3. The molecule has 0 bridgehead atoms. The summed E-state index contributed by atoms with van der Waals surface area (Å²) in [6.45, 7) is 0. The van der Waals surface area contributed by atoms with E-state index in [0.29, 0.717) is 12.1 Å². The molecule has 2 aromatic rings. The standard InChI is InChI=1S/C12H7F2N3O4/c13-7-1-2-8(17(20)21)11(10(7)14)16-12(19)6-5-15-4-3-9(6)18/h1-5H,(H,15,18)(H,16,19). The Balaban J connectivity index is 2.47. The van der Waals surface area contributed by atoms with E-state index in [1.165, 1.54) is 6.20 Å². The number of nitrogens with one attached hydrogen (secondary N) is 2. The second-order valence-corrected chi connectivity index (χ2v) is 3.89. The van der Waals surface area contributed by atoms with Gasteiger partial charge in [0.25, 0.3) is 11.6 Å². The van der Waals surface area contributed by atoms with Crippen LogP contribution in [0.2, 0.25) is 0 Å². The molecule has 1 heterocycles. The van der Waals surface area contributed by atoms with Crippen molar-refractivity contribution >= 4 is 17.3 Å². The summed E-state index contributed by atoms with van der Waals surface area (Å²) >= 11 is 0. The quantitative estimate of drug-likeness (QED) is 0.665. The number of benzene rings is 1. The Morgan fingerprint density at radius 1 is 1.29 bits per heavy atom. The third-order valence-corrected chi connectivity index (χ3v) is 2.58. The molecule has 0 saturated carbocycles. The number of aromatic amines is 1. The molecular weight excluding hydrogens is 288 g/mol. The third-order valence-electron chi connectivity index (χ3n) is 2.58. The SMILES string of the molecule is O=C(Nc1c([N+](=O)[O-])ccc(F)c1F)c1c[nH]ccc1=O. The highest BCUT2D eigenvalue weighted by atomic mass is 19.2. The molecule has 0 fully saturated rings. The highest BCUT2D eigenvalue weighted by Gasteiger charge is 2.24. The van der Waals surface area contributed by atoms with Crippen LogP contribution in [0.3, 0.4) is 0 Å². The maximum Gasteiger partial charge on any atom is 0.296 e. The lowest BCUT2D eigenvalue weighted by molar-refractivity contribution is -0.384. The largest absolute Gasteiger partial charge is 0.367 e. The molecule has 0 saturated heterocycles. The number of H-pyrrole nitrogens is 1. The predicted octanol–water partition coefficient (Wildman–Crippen LogP) is 1.81. The van der Waals surface area contributed by atoms with Crippen LogP contribution in [0.1, 0.15) is 10.4 Å². The minimum absolute atomic E-state index is 0.393. The van der Waals surface area contributed by atoms with E-state index in [4.69, 9.17) is 0 Å². The van der Waals surface area contributed by atoms with Gasteiger partial charge in [-0.05, 0) is 6.07 Å². The van der Waals surface area contributed by atoms with E-state index in [0.717, 1.165) is 12.3 Å². The van der Waals surface area contributed by atoms with E-state index >= 15 is 0 Å². The Bertz CT molecular complexity index is 788. The predicted molar refractivity (Wildman–Crippen MR) is 68.0 cm³/mol. The molecule has 0 aliphatic carbocycles. The number of nitrogens with zero attached hydrogens (tertiary/aromatic N) is 1. The Morgan fingerprint density at radius 3 is 2.62 bits per heavy atom.